The number of H-pyrrole nitrogens is 1. The van der Waals surface area contributed by atoms with E-state index in [1.54, 1.807) is 6.20 Å². The van der Waals surface area contributed by atoms with E-state index < -0.39 is 17.9 Å². The highest BCUT2D eigenvalue weighted by atomic mass is 16.4. The third-order valence-electron chi connectivity index (χ3n) is 2.94. The van der Waals surface area contributed by atoms with Gasteiger partial charge in [0, 0.05) is 23.5 Å². The minimum Gasteiger partial charge on any atom is -0.480 e. The smallest absolute Gasteiger partial charge is 0.326 e. The summed E-state index contributed by atoms with van der Waals surface area (Å²) in [6, 6.07) is 6.61. The molecule has 0 radical (unpaired) electrons. The van der Waals surface area contributed by atoms with Gasteiger partial charge in [-0.2, -0.15) is 0 Å². The van der Waals surface area contributed by atoms with Gasteiger partial charge in [-0.15, -0.1) is 0 Å². The predicted molar refractivity (Wildman–Crippen MR) is 75.0 cm³/mol. The lowest BCUT2D eigenvalue weighted by Crippen LogP contribution is -2.41. The van der Waals surface area contributed by atoms with Gasteiger partial charge in [-0.3, -0.25) is 4.79 Å². The Labute approximate surface area is 116 Å². The fourth-order valence-electron chi connectivity index (χ4n) is 2.03. The van der Waals surface area contributed by atoms with E-state index in [9.17, 15) is 14.7 Å². The number of carboxylic acids is 1. The molecule has 0 bridgehead atoms. The zero-order valence-corrected chi connectivity index (χ0v) is 10.9. The number of amides is 1. The summed E-state index contributed by atoms with van der Waals surface area (Å²) in [5.41, 5.74) is 1.78. The van der Waals surface area contributed by atoms with E-state index in [2.05, 4.69) is 22.1 Å². The monoisotopic (exact) mass is 270 g/mol. The normalized spacial score (nSPS) is 11.4. The summed E-state index contributed by atoms with van der Waals surface area (Å²) in [7, 11) is 0. The Hall–Kier alpha value is -2.74. The zero-order chi connectivity index (χ0) is 14.5. The molecule has 1 aromatic heterocycles. The Bertz CT molecular complexity index is 706. The molecule has 5 heteroatoms. The van der Waals surface area contributed by atoms with Crippen LogP contribution >= 0.6 is 0 Å². The molecule has 0 aliphatic carbocycles. The molecule has 3 N–H and O–H groups in total. The van der Waals surface area contributed by atoms with Crippen molar-refractivity contribution in [3.63, 3.8) is 0 Å². The van der Waals surface area contributed by atoms with Crippen LogP contribution in [0.5, 0.6) is 0 Å². The molecule has 1 aromatic carbocycles. The number of benzene rings is 1. The van der Waals surface area contributed by atoms with Crippen LogP contribution in [0.3, 0.4) is 0 Å². The number of carbonyl (C=O) groups excluding carboxylic acids is 1. The topological polar surface area (TPSA) is 82.2 Å². The Morgan fingerprint density at radius 1 is 1.40 bits per heavy atom. The van der Waals surface area contributed by atoms with Crippen molar-refractivity contribution >= 4 is 22.8 Å². The lowest BCUT2D eigenvalue weighted by molar-refractivity contribution is -0.141. The van der Waals surface area contributed by atoms with Crippen molar-refractivity contribution in [2.75, 3.05) is 0 Å². The molecule has 1 amide bonds. The molecule has 0 aliphatic rings. The van der Waals surface area contributed by atoms with Crippen LogP contribution in [0.1, 0.15) is 12.5 Å². The average molecular weight is 270 g/mol. The van der Waals surface area contributed by atoms with Crippen molar-refractivity contribution in [2.24, 2.45) is 0 Å². The fourth-order valence-corrected chi connectivity index (χ4v) is 2.03. The summed E-state index contributed by atoms with van der Waals surface area (Å²) >= 11 is 0. The number of hydrogen-bond donors (Lipinski definition) is 3. The molecule has 5 nitrogen and oxygen atoms in total. The summed E-state index contributed by atoms with van der Waals surface area (Å²) in [6.45, 7) is 1.52. The van der Waals surface area contributed by atoms with Gasteiger partial charge >= 0.3 is 5.97 Å². The van der Waals surface area contributed by atoms with Crippen LogP contribution in [0.15, 0.2) is 30.5 Å². The fraction of sp³-hybridized carbons (Fsp3) is 0.200. The first-order valence-electron chi connectivity index (χ1n) is 6.13. The molecule has 0 saturated carbocycles. The first-order chi connectivity index (χ1) is 9.61. The number of fused-ring (bicyclic) bond motifs is 1. The van der Waals surface area contributed by atoms with Gasteiger partial charge in [0.25, 0.3) is 5.91 Å². The lowest BCUT2D eigenvalue weighted by Gasteiger charge is -2.12. The number of aliphatic carboxylic acids is 1. The molecule has 20 heavy (non-hydrogen) atoms. The maximum Gasteiger partial charge on any atom is 0.326 e. The van der Waals surface area contributed by atoms with E-state index in [-0.39, 0.29) is 6.42 Å². The molecule has 1 heterocycles. The summed E-state index contributed by atoms with van der Waals surface area (Å²) in [5, 5.41) is 12.5. The van der Waals surface area contributed by atoms with Gasteiger partial charge in [-0.1, -0.05) is 24.1 Å². The molecule has 0 saturated heterocycles. The van der Waals surface area contributed by atoms with E-state index in [1.165, 1.54) is 6.92 Å². The van der Waals surface area contributed by atoms with Crippen LogP contribution in [-0.4, -0.2) is 28.0 Å². The number of aromatic amines is 1. The van der Waals surface area contributed by atoms with E-state index in [0.717, 1.165) is 16.5 Å². The van der Waals surface area contributed by atoms with Crippen LogP contribution in [0.25, 0.3) is 10.9 Å². The maximum absolute atomic E-state index is 11.4. The number of rotatable bonds is 4. The highest BCUT2D eigenvalue weighted by Crippen LogP contribution is 2.19. The number of aromatic nitrogens is 1. The van der Waals surface area contributed by atoms with E-state index in [4.69, 9.17) is 0 Å². The molecule has 102 valence electrons. The second-order valence-electron chi connectivity index (χ2n) is 4.30. The largest absolute Gasteiger partial charge is 0.480 e. The summed E-state index contributed by atoms with van der Waals surface area (Å²) in [5.74, 6) is 3.05. The molecule has 2 aromatic rings. The maximum atomic E-state index is 11.4. The van der Waals surface area contributed by atoms with E-state index in [0.29, 0.717) is 0 Å². The van der Waals surface area contributed by atoms with Crippen LogP contribution in [0.2, 0.25) is 0 Å². The third kappa shape index (κ3) is 2.98. The Balaban J connectivity index is 2.21. The number of hydrogen-bond acceptors (Lipinski definition) is 2. The van der Waals surface area contributed by atoms with Gasteiger partial charge in [-0.25, -0.2) is 4.79 Å². The van der Waals surface area contributed by atoms with E-state index >= 15 is 0 Å². The van der Waals surface area contributed by atoms with Gasteiger partial charge in [-0.05, 0) is 24.5 Å². The van der Waals surface area contributed by atoms with Crippen LogP contribution < -0.4 is 5.32 Å². The Morgan fingerprint density at radius 2 is 2.15 bits per heavy atom. The van der Waals surface area contributed by atoms with Gasteiger partial charge in [0.05, 0.1) is 0 Å². The highest BCUT2D eigenvalue weighted by molar-refractivity contribution is 5.96. The quantitative estimate of drug-likeness (QED) is 0.732. The molecular weight excluding hydrogens is 256 g/mol. The highest BCUT2D eigenvalue weighted by Gasteiger charge is 2.21. The van der Waals surface area contributed by atoms with E-state index in [1.807, 2.05) is 24.3 Å². The van der Waals surface area contributed by atoms with Crippen LogP contribution in [0.4, 0.5) is 0 Å². The van der Waals surface area contributed by atoms with Gasteiger partial charge in [0.2, 0.25) is 0 Å². The molecule has 1 atom stereocenters. The van der Waals surface area contributed by atoms with Crippen molar-refractivity contribution in [2.45, 2.75) is 19.4 Å². The average Bonchev–Trinajstić information content (AvgIpc) is 2.82. The number of carboxylic acid groups (broad SMARTS) is 1. The van der Waals surface area contributed by atoms with Gasteiger partial charge in [0.15, 0.2) is 0 Å². The van der Waals surface area contributed by atoms with Crippen LogP contribution in [-0.2, 0) is 16.0 Å². The second kappa shape index (κ2) is 5.93. The molecular formula is C15H14N2O3. The molecule has 0 fully saturated rings. The van der Waals surface area contributed by atoms with Gasteiger partial charge < -0.3 is 15.4 Å². The van der Waals surface area contributed by atoms with Crippen molar-refractivity contribution in [1.29, 1.82) is 0 Å². The second-order valence-corrected chi connectivity index (χ2v) is 4.30. The minimum absolute atomic E-state index is 0.205. The number of nitrogens with one attached hydrogen (secondary N) is 2. The third-order valence-corrected chi connectivity index (χ3v) is 2.94. The van der Waals surface area contributed by atoms with Crippen LogP contribution in [0, 0.1) is 11.8 Å². The Morgan fingerprint density at radius 3 is 2.85 bits per heavy atom. The summed E-state index contributed by atoms with van der Waals surface area (Å²) < 4.78 is 0. The zero-order valence-electron chi connectivity index (χ0n) is 10.9. The molecule has 0 spiro atoms. The van der Waals surface area contributed by atoms with Gasteiger partial charge in [0.1, 0.15) is 6.04 Å². The Kier molecular flexibility index (Phi) is 4.06. The molecule has 0 aliphatic heterocycles. The predicted octanol–water partition coefficient (Wildman–Crippen LogP) is 1.30. The summed E-state index contributed by atoms with van der Waals surface area (Å²) in [4.78, 5) is 25.7. The number of para-hydroxylation sites is 1. The van der Waals surface area contributed by atoms with Crippen molar-refractivity contribution < 1.29 is 14.7 Å². The van der Waals surface area contributed by atoms with Crippen molar-refractivity contribution in [3.8, 4) is 11.8 Å². The SMILES string of the molecule is CC#CC(=O)N[C@@H](Cc1c[nH]c2ccccc12)C(=O)O. The lowest BCUT2D eigenvalue weighted by atomic mass is 10.1. The summed E-state index contributed by atoms with van der Waals surface area (Å²) in [6.07, 6.45) is 1.97. The minimum atomic E-state index is -1.08. The number of carbonyl (C=O) groups is 2. The first-order valence-corrected chi connectivity index (χ1v) is 6.13. The molecule has 2 rings (SSSR count). The first kappa shape index (κ1) is 13.7. The van der Waals surface area contributed by atoms with Crippen molar-refractivity contribution in [3.05, 3.63) is 36.0 Å². The standard InChI is InChI=1S/C15H14N2O3/c1-2-5-14(18)17-13(15(19)20)8-10-9-16-12-7-4-3-6-11(10)12/h3-4,6-7,9,13,16H,8H2,1H3,(H,17,18)(H,19,20)/t13-/m0/s1. The van der Waals surface area contributed by atoms with Crippen molar-refractivity contribution in [1.82, 2.24) is 10.3 Å². The molecule has 0 unspecified atom stereocenters.